The van der Waals surface area contributed by atoms with Crippen LogP contribution < -0.4 is 0 Å². The summed E-state index contributed by atoms with van der Waals surface area (Å²) in [6.07, 6.45) is 8.75. The summed E-state index contributed by atoms with van der Waals surface area (Å²) in [6.45, 7) is 0. The number of benzene rings is 3. The first-order chi connectivity index (χ1) is 14.4. The van der Waals surface area contributed by atoms with Gasteiger partial charge in [-0.1, -0.05) is 67.8 Å². The highest BCUT2D eigenvalue weighted by Crippen LogP contribution is 2.39. The third-order valence-corrected chi connectivity index (χ3v) is 6.53. The molecule has 1 fully saturated rings. The van der Waals surface area contributed by atoms with Crippen LogP contribution in [-0.2, 0) is 0 Å². The Morgan fingerprint density at radius 2 is 1.52 bits per heavy atom. The Balaban J connectivity index is 1.50. The van der Waals surface area contributed by atoms with Gasteiger partial charge >= 0.3 is 0 Å². The zero-order valence-corrected chi connectivity index (χ0v) is 16.4. The second kappa shape index (κ2) is 6.73. The Morgan fingerprint density at radius 3 is 2.38 bits per heavy atom. The molecule has 0 N–H and O–H groups in total. The van der Waals surface area contributed by atoms with E-state index in [0.29, 0.717) is 5.92 Å². The van der Waals surface area contributed by atoms with Crippen LogP contribution in [0.25, 0.3) is 44.0 Å². The largest absolute Gasteiger partial charge is 0.455 e. The summed E-state index contributed by atoms with van der Waals surface area (Å²) >= 11 is 0. The van der Waals surface area contributed by atoms with Crippen LogP contribution in [0.4, 0.5) is 0 Å². The van der Waals surface area contributed by atoms with Crippen molar-refractivity contribution in [3.8, 4) is 11.3 Å². The molecule has 29 heavy (non-hydrogen) atoms. The van der Waals surface area contributed by atoms with Crippen molar-refractivity contribution in [3.63, 3.8) is 0 Å². The van der Waals surface area contributed by atoms with Crippen molar-refractivity contribution in [3.05, 3.63) is 78.5 Å². The van der Waals surface area contributed by atoms with E-state index >= 15 is 0 Å². The molecule has 0 saturated heterocycles. The summed E-state index contributed by atoms with van der Waals surface area (Å²) in [5.41, 5.74) is 5.33. The Morgan fingerprint density at radius 1 is 0.690 bits per heavy atom. The molecule has 0 amide bonds. The molecule has 142 valence electrons. The minimum atomic E-state index is 0.679. The minimum absolute atomic E-state index is 0.679. The van der Waals surface area contributed by atoms with Gasteiger partial charge in [-0.15, -0.1) is 0 Å². The maximum Gasteiger partial charge on any atom is 0.144 e. The van der Waals surface area contributed by atoms with E-state index in [1.807, 2.05) is 0 Å². The van der Waals surface area contributed by atoms with Gasteiger partial charge in [-0.3, -0.25) is 4.98 Å². The number of hydrogen-bond acceptors (Lipinski definition) is 2. The number of para-hydroxylation sites is 1. The average Bonchev–Trinajstić information content (AvgIpc) is 3.19. The summed E-state index contributed by atoms with van der Waals surface area (Å²) in [5.74, 6) is 0.679. The number of pyridine rings is 1. The standard InChI is InChI=1S/C27H23NO/c1-2-7-18(8-3-1)20-14-16-25(28-17-20)24-12-6-11-22-23-15-13-19-9-4-5-10-21(19)26(23)29-27(22)24/h4-6,9-18H,1-3,7-8H2. The molecule has 2 aromatic heterocycles. The second-order valence-electron chi connectivity index (χ2n) is 8.26. The lowest BCUT2D eigenvalue weighted by Crippen LogP contribution is -2.04. The molecule has 1 aliphatic carbocycles. The fraction of sp³-hybridized carbons (Fsp3) is 0.222. The zero-order valence-electron chi connectivity index (χ0n) is 16.4. The van der Waals surface area contributed by atoms with E-state index in [-0.39, 0.29) is 0 Å². The highest BCUT2D eigenvalue weighted by Gasteiger charge is 2.17. The minimum Gasteiger partial charge on any atom is -0.455 e. The summed E-state index contributed by atoms with van der Waals surface area (Å²) in [6, 6.07) is 23.6. The zero-order chi connectivity index (χ0) is 19.2. The highest BCUT2D eigenvalue weighted by molar-refractivity contribution is 6.17. The quantitative estimate of drug-likeness (QED) is 0.313. The topological polar surface area (TPSA) is 26.0 Å². The van der Waals surface area contributed by atoms with Gasteiger partial charge in [0.05, 0.1) is 5.69 Å². The van der Waals surface area contributed by atoms with Gasteiger partial charge in [0.25, 0.3) is 0 Å². The van der Waals surface area contributed by atoms with Gasteiger partial charge in [-0.25, -0.2) is 0 Å². The van der Waals surface area contributed by atoms with Crippen LogP contribution in [0.5, 0.6) is 0 Å². The van der Waals surface area contributed by atoms with Gasteiger partial charge in [0.1, 0.15) is 11.2 Å². The average molecular weight is 377 g/mol. The molecule has 0 aliphatic heterocycles. The summed E-state index contributed by atoms with van der Waals surface area (Å²) in [7, 11) is 0. The summed E-state index contributed by atoms with van der Waals surface area (Å²) in [4.78, 5) is 4.85. The Bertz CT molecular complexity index is 1320. The molecule has 0 bridgehead atoms. The molecule has 0 spiro atoms. The molecule has 1 saturated carbocycles. The second-order valence-corrected chi connectivity index (χ2v) is 8.26. The van der Waals surface area contributed by atoms with Crippen molar-refractivity contribution in [1.29, 1.82) is 0 Å². The third kappa shape index (κ3) is 2.74. The lowest BCUT2D eigenvalue weighted by Gasteiger charge is -2.21. The van der Waals surface area contributed by atoms with Crippen LogP contribution in [0.2, 0.25) is 0 Å². The third-order valence-electron chi connectivity index (χ3n) is 6.53. The van der Waals surface area contributed by atoms with Crippen LogP contribution in [0.3, 0.4) is 0 Å². The van der Waals surface area contributed by atoms with Crippen LogP contribution in [0.1, 0.15) is 43.6 Å². The van der Waals surface area contributed by atoms with Crippen molar-refractivity contribution in [2.45, 2.75) is 38.0 Å². The van der Waals surface area contributed by atoms with E-state index in [2.05, 4.69) is 72.9 Å². The number of rotatable bonds is 2. The molecule has 0 radical (unpaired) electrons. The van der Waals surface area contributed by atoms with Gasteiger partial charge in [-0.2, -0.15) is 0 Å². The fourth-order valence-corrected chi connectivity index (χ4v) is 4.97. The van der Waals surface area contributed by atoms with Crippen molar-refractivity contribution in [1.82, 2.24) is 4.98 Å². The molecule has 3 aromatic carbocycles. The van der Waals surface area contributed by atoms with Crippen LogP contribution in [0, 0.1) is 0 Å². The smallest absolute Gasteiger partial charge is 0.144 e. The number of furan rings is 1. The number of fused-ring (bicyclic) bond motifs is 5. The van der Waals surface area contributed by atoms with E-state index in [9.17, 15) is 0 Å². The van der Waals surface area contributed by atoms with E-state index in [0.717, 1.165) is 33.2 Å². The van der Waals surface area contributed by atoms with Crippen molar-refractivity contribution in [2.75, 3.05) is 0 Å². The Labute approximate surface area is 170 Å². The van der Waals surface area contributed by atoms with Crippen molar-refractivity contribution < 1.29 is 4.42 Å². The summed E-state index contributed by atoms with van der Waals surface area (Å²) in [5, 5.41) is 4.68. The normalized spacial score (nSPS) is 15.4. The molecule has 2 heteroatoms. The first-order valence-corrected chi connectivity index (χ1v) is 10.7. The SMILES string of the molecule is c1ccc2c(c1)ccc1c3cccc(-c4ccc(C5CCCCC5)cn4)c3oc21. The number of nitrogens with zero attached hydrogens (tertiary/aromatic N) is 1. The Hall–Kier alpha value is -3.13. The number of aromatic nitrogens is 1. The Kier molecular flexibility index (Phi) is 3.90. The predicted octanol–water partition coefficient (Wildman–Crippen LogP) is 7.85. The van der Waals surface area contributed by atoms with Crippen LogP contribution in [-0.4, -0.2) is 4.98 Å². The lowest BCUT2D eigenvalue weighted by atomic mass is 9.85. The van der Waals surface area contributed by atoms with Crippen LogP contribution in [0.15, 0.2) is 77.3 Å². The lowest BCUT2D eigenvalue weighted by molar-refractivity contribution is 0.443. The monoisotopic (exact) mass is 377 g/mol. The van der Waals surface area contributed by atoms with Gasteiger partial charge < -0.3 is 4.42 Å². The van der Waals surface area contributed by atoms with E-state index in [1.165, 1.54) is 48.4 Å². The molecule has 0 unspecified atom stereocenters. The predicted molar refractivity (Wildman–Crippen MR) is 120 cm³/mol. The molecule has 6 rings (SSSR count). The maximum atomic E-state index is 6.46. The van der Waals surface area contributed by atoms with E-state index in [4.69, 9.17) is 9.40 Å². The van der Waals surface area contributed by atoms with E-state index in [1.54, 1.807) is 0 Å². The molecule has 1 aliphatic rings. The van der Waals surface area contributed by atoms with Gasteiger partial charge in [0.15, 0.2) is 0 Å². The fourth-order valence-electron chi connectivity index (χ4n) is 4.97. The maximum absolute atomic E-state index is 6.46. The first kappa shape index (κ1) is 16.8. The number of hydrogen-bond donors (Lipinski definition) is 0. The molecule has 2 nitrogen and oxygen atoms in total. The highest BCUT2D eigenvalue weighted by atomic mass is 16.3. The van der Waals surface area contributed by atoms with Gasteiger partial charge in [0, 0.05) is 27.9 Å². The molecular weight excluding hydrogens is 354 g/mol. The molecule has 2 heterocycles. The van der Waals surface area contributed by atoms with Crippen molar-refractivity contribution in [2.24, 2.45) is 0 Å². The molecule has 0 atom stereocenters. The first-order valence-electron chi connectivity index (χ1n) is 10.7. The van der Waals surface area contributed by atoms with Crippen molar-refractivity contribution >= 4 is 32.7 Å². The van der Waals surface area contributed by atoms with Gasteiger partial charge in [0.2, 0.25) is 0 Å². The molecular formula is C27H23NO. The molecule has 5 aromatic rings. The van der Waals surface area contributed by atoms with E-state index < -0.39 is 0 Å². The van der Waals surface area contributed by atoms with Crippen LogP contribution >= 0.6 is 0 Å². The summed E-state index contributed by atoms with van der Waals surface area (Å²) < 4.78 is 6.46. The van der Waals surface area contributed by atoms with Gasteiger partial charge in [-0.05, 0) is 47.9 Å².